The number of aromatic nitrogens is 2. The number of methoxy groups -OCH3 is 1. The van der Waals surface area contributed by atoms with Gasteiger partial charge in [0.1, 0.15) is 11.6 Å². The highest BCUT2D eigenvalue weighted by Crippen LogP contribution is 2.39. The molecule has 0 amide bonds. The number of ether oxygens (including phenoxy) is 1. The second kappa shape index (κ2) is 8.73. The Bertz CT molecular complexity index is 1230. The third-order valence-corrected chi connectivity index (χ3v) is 6.35. The molecule has 0 aliphatic rings. The van der Waals surface area contributed by atoms with E-state index in [1.807, 2.05) is 12.3 Å². The number of nitrogens with zero attached hydrogens (tertiary/aromatic N) is 2. The summed E-state index contributed by atoms with van der Waals surface area (Å²) in [4.78, 5) is 10.5. The monoisotopic (exact) mass is 420 g/mol. The molecule has 0 aliphatic heterocycles. The topological polar surface area (TPSA) is 73.4 Å². The standard InChI is InChI=1S/C25H32N4O2/c1-6-29(7-2)14-17(30)13-27-25-23-16(4)22-20-12-18(31-5)8-9-21(20)28-24(22)15(3)19(23)10-11-26-25/h8-12,17,28,30H,6-7,13-14H2,1-5H3,(H,26,27). The third kappa shape index (κ3) is 3.82. The molecule has 2 aromatic heterocycles. The molecule has 4 rings (SSSR count). The number of hydrogen-bond acceptors (Lipinski definition) is 5. The van der Waals surface area contributed by atoms with Gasteiger partial charge in [0.2, 0.25) is 0 Å². The number of anilines is 1. The summed E-state index contributed by atoms with van der Waals surface area (Å²) < 4.78 is 5.47. The van der Waals surface area contributed by atoms with Crippen molar-refractivity contribution in [3.63, 3.8) is 0 Å². The van der Waals surface area contributed by atoms with E-state index in [9.17, 15) is 5.11 Å². The molecule has 0 aliphatic carbocycles. The normalized spacial score (nSPS) is 12.9. The Morgan fingerprint density at radius 2 is 1.87 bits per heavy atom. The van der Waals surface area contributed by atoms with Crippen LogP contribution >= 0.6 is 0 Å². The fourth-order valence-electron chi connectivity index (χ4n) is 4.58. The first kappa shape index (κ1) is 21.4. The van der Waals surface area contributed by atoms with Gasteiger partial charge in [-0.25, -0.2) is 4.98 Å². The summed E-state index contributed by atoms with van der Waals surface area (Å²) in [6.07, 6.45) is 1.38. The molecular formula is C25H32N4O2. The molecule has 31 heavy (non-hydrogen) atoms. The van der Waals surface area contributed by atoms with Crippen LogP contribution < -0.4 is 10.1 Å². The molecule has 6 heteroatoms. The molecule has 1 unspecified atom stereocenters. The average Bonchev–Trinajstić information content (AvgIpc) is 3.18. The maximum absolute atomic E-state index is 10.5. The summed E-state index contributed by atoms with van der Waals surface area (Å²) in [5.74, 6) is 1.66. The van der Waals surface area contributed by atoms with Gasteiger partial charge in [-0.15, -0.1) is 0 Å². The Balaban J connectivity index is 1.80. The summed E-state index contributed by atoms with van der Waals surface area (Å²) in [6.45, 7) is 11.5. The molecule has 2 heterocycles. The van der Waals surface area contributed by atoms with E-state index in [4.69, 9.17) is 4.74 Å². The average molecular weight is 421 g/mol. The van der Waals surface area contributed by atoms with Crippen LogP contribution in [0, 0.1) is 13.8 Å². The highest BCUT2D eigenvalue weighted by molar-refractivity contribution is 6.18. The van der Waals surface area contributed by atoms with Gasteiger partial charge < -0.3 is 25.0 Å². The molecule has 0 fully saturated rings. The first-order chi connectivity index (χ1) is 15.0. The molecule has 0 saturated carbocycles. The molecule has 0 bridgehead atoms. The quantitative estimate of drug-likeness (QED) is 0.388. The molecule has 164 valence electrons. The van der Waals surface area contributed by atoms with E-state index in [1.165, 1.54) is 21.9 Å². The minimum absolute atomic E-state index is 0.459. The lowest BCUT2D eigenvalue weighted by atomic mass is 9.96. The lowest BCUT2D eigenvalue weighted by Gasteiger charge is -2.22. The van der Waals surface area contributed by atoms with E-state index in [-0.39, 0.29) is 0 Å². The van der Waals surface area contributed by atoms with Gasteiger partial charge in [-0.2, -0.15) is 0 Å². The number of hydrogen-bond donors (Lipinski definition) is 3. The van der Waals surface area contributed by atoms with E-state index < -0.39 is 6.10 Å². The summed E-state index contributed by atoms with van der Waals surface area (Å²) in [6, 6.07) is 8.21. The largest absolute Gasteiger partial charge is 0.497 e. The number of aliphatic hydroxyl groups is 1. The summed E-state index contributed by atoms with van der Waals surface area (Å²) in [5, 5.41) is 18.5. The summed E-state index contributed by atoms with van der Waals surface area (Å²) in [5.41, 5.74) is 4.60. The molecule has 0 spiro atoms. The highest BCUT2D eigenvalue weighted by Gasteiger charge is 2.18. The number of aliphatic hydroxyl groups excluding tert-OH is 1. The van der Waals surface area contributed by atoms with Crippen molar-refractivity contribution in [2.45, 2.75) is 33.8 Å². The zero-order chi connectivity index (χ0) is 22.1. The van der Waals surface area contributed by atoms with Gasteiger partial charge in [0.25, 0.3) is 0 Å². The lowest BCUT2D eigenvalue weighted by molar-refractivity contribution is 0.128. The predicted molar refractivity (Wildman–Crippen MR) is 129 cm³/mol. The van der Waals surface area contributed by atoms with Gasteiger partial charge in [0.05, 0.1) is 18.7 Å². The molecule has 1 atom stereocenters. The van der Waals surface area contributed by atoms with Crippen molar-refractivity contribution in [3.8, 4) is 5.75 Å². The second-order valence-electron chi connectivity index (χ2n) is 8.14. The van der Waals surface area contributed by atoms with Crippen molar-refractivity contribution >= 4 is 38.4 Å². The molecule has 0 saturated heterocycles. The predicted octanol–water partition coefficient (Wildman–Crippen LogP) is 4.61. The Morgan fingerprint density at radius 3 is 2.58 bits per heavy atom. The molecule has 4 aromatic rings. The molecule has 2 aromatic carbocycles. The minimum Gasteiger partial charge on any atom is -0.497 e. The lowest BCUT2D eigenvalue weighted by Crippen LogP contribution is -2.36. The number of likely N-dealkylation sites (N-methyl/N-ethyl adjacent to an activating group) is 1. The molecular weight excluding hydrogens is 388 g/mol. The van der Waals surface area contributed by atoms with Crippen LogP contribution in [0.25, 0.3) is 32.6 Å². The number of nitrogens with one attached hydrogen (secondary N) is 2. The van der Waals surface area contributed by atoms with Crippen molar-refractivity contribution < 1.29 is 9.84 Å². The Kier molecular flexibility index (Phi) is 6.03. The molecule has 0 radical (unpaired) electrons. The van der Waals surface area contributed by atoms with Crippen LogP contribution in [0.4, 0.5) is 5.82 Å². The Labute approximate surface area is 183 Å². The van der Waals surface area contributed by atoms with E-state index in [1.54, 1.807) is 7.11 Å². The number of aromatic amines is 1. The van der Waals surface area contributed by atoms with Gasteiger partial charge >= 0.3 is 0 Å². The van der Waals surface area contributed by atoms with Gasteiger partial charge in [0, 0.05) is 41.0 Å². The SMILES string of the molecule is CCN(CC)CC(O)CNc1nccc2c(C)c3[nH]c4ccc(OC)cc4c3c(C)c12. The summed E-state index contributed by atoms with van der Waals surface area (Å²) >= 11 is 0. The number of H-pyrrole nitrogens is 1. The van der Waals surface area contributed by atoms with Crippen molar-refractivity contribution in [2.24, 2.45) is 0 Å². The van der Waals surface area contributed by atoms with Gasteiger partial charge in [-0.1, -0.05) is 13.8 Å². The molecule has 6 nitrogen and oxygen atoms in total. The Morgan fingerprint density at radius 1 is 1.10 bits per heavy atom. The van der Waals surface area contributed by atoms with E-state index in [2.05, 4.69) is 66.1 Å². The number of aryl methyl sites for hydroxylation is 2. The summed E-state index contributed by atoms with van der Waals surface area (Å²) in [7, 11) is 1.69. The van der Waals surface area contributed by atoms with Gasteiger partial charge in [-0.05, 0) is 67.7 Å². The number of benzene rings is 2. The van der Waals surface area contributed by atoms with Gasteiger partial charge in [0.15, 0.2) is 0 Å². The van der Waals surface area contributed by atoms with Crippen LogP contribution in [0.15, 0.2) is 30.5 Å². The van der Waals surface area contributed by atoms with E-state index in [0.29, 0.717) is 13.1 Å². The van der Waals surface area contributed by atoms with E-state index in [0.717, 1.165) is 46.5 Å². The van der Waals surface area contributed by atoms with Gasteiger partial charge in [-0.3, -0.25) is 0 Å². The van der Waals surface area contributed by atoms with Crippen LogP contribution in [0.2, 0.25) is 0 Å². The number of rotatable bonds is 8. The number of pyridine rings is 1. The fraction of sp³-hybridized carbons (Fsp3) is 0.400. The Hall–Kier alpha value is -2.83. The van der Waals surface area contributed by atoms with Crippen LogP contribution in [0.5, 0.6) is 5.75 Å². The maximum atomic E-state index is 10.5. The first-order valence-corrected chi connectivity index (χ1v) is 11.0. The van der Waals surface area contributed by atoms with E-state index >= 15 is 0 Å². The number of fused-ring (bicyclic) bond motifs is 4. The van der Waals surface area contributed by atoms with Crippen LogP contribution in [0.3, 0.4) is 0 Å². The van der Waals surface area contributed by atoms with Crippen LogP contribution in [0.1, 0.15) is 25.0 Å². The smallest absolute Gasteiger partial charge is 0.134 e. The highest BCUT2D eigenvalue weighted by atomic mass is 16.5. The zero-order valence-electron chi connectivity index (χ0n) is 19.0. The van der Waals surface area contributed by atoms with Crippen LogP contribution in [-0.2, 0) is 0 Å². The second-order valence-corrected chi connectivity index (χ2v) is 8.14. The fourth-order valence-corrected chi connectivity index (χ4v) is 4.58. The van der Waals surface area contributed by atoms with Crippen LogP contribution in [-0.4, -0.2) is 59.4 Å². The van der Waals surface area contributed by atoms with Crippen molar-refractivity contribution in [2.75, 3.05) is 38.6 Å². The first-order valence-electron chi connectivity index (χ1n) is 11.0. The zero-order valence-corrected chi connectivity index (χ0v) is 19.0. The van der Waals surface area contributed by atoms with Crippen molar-refractivity contribution in [1.82, 2.24) is 14.9 Å². The van der Waals surface area contributed by atoms with Crippen molar-refractivity contribution in [1.29, 1.82) is 0 Å². The van der Waals surface area contributed by atoms with Crippen molar-refractivity contribution in [3.05, 3.63) is 41.6 Å². The maximum Gasteiger partial charge on any atom is 0.134 e. The molecule has 3 N–H and O–H groups in total. The third-order valence-electron chi connectivity index (χ3n) is 6.35. The minimum atomic E-state index is -0.459.